The summed E-state index contributed by atoms with van der Waals surface area (Å²) in [7, 11) is 0. The van der Waals surface area contributed by atoms with Crippen molar-refractivity contribution in [2.24, 2.45) is 0 Å². The Labute approximate surface area is 92.2 Å². The Bertz CT molecular complexity index is 527. The van der Waals surface area contributed by atoms with Crippen LogP contribution < -0.4 is 0 Å². The highest BCUT2D eigenvalue weighted by molar-refractivity contribution is 5.82. The summed E-state index contributed by atoms with van der Waals surface area (Å²) in [5.74, 6) is 0. The lowest BCUT2D eigenvalue weighted by atomic mass is 10.2. The summed E-state index contributed by atoms with van der Waals surface area (Å²) in [6.45, 7) is 5.37. The Morgan fingerprint density at radius 2 is 2.19 bits per heavy atom. The van der Waals surface area contributed by atoms with E-state index < -0.39 is 11.7 Å². The van der Waals surface area contributed by atoms with Crippen LogP contribution in [0.25, 0.3) is 11.2 Å². The Hall–Kier alpha value is -1.98. The highest BCUT2D eigenvalue weighted by Crippen LogP contribution is 2.11. The summed E-state index contributed by atoms with van der Waals surface area (Å²) in [5, 5.41) is 7.53. The molecule has 2 aromatic rings. The fraction of sp³-hybridized carbons (Fsp3) is 0.400. The minimum atomic E-state index is -0.575. The van der Waals surface area contributed by atoms with Gasteiger partial charge in [0.05, 0.1) is 0 Å². The fourth-order valence-electron chi connectivity index (χ4n) is 1.19. The van der Waals surface area contributed by atoms with Gasteiger partial charge < -0.3 is 4.74 Å². The molecule has 0 aromatic carbocycles. The van der Waals surface area contributed by atoms with E-state index in [4.69, 9.17) is 4.74 Å². The summed E-state index contributed by atoms with van der Waals surface area (Å²) in [4.78, 5) is 15.8. The van der Waals surface area contributed by atoms with Gasteiger partial charge in [-0.1, -0.05) is 5.21 Å². The third-order valence-electron chi connectivity index (χ3n) is 1.78. The van der Waals surface area contributed by atoms with E-state index in [2.05, 4.69) is 15.3 Å². The first kappa shape index (κ1) is 10.5. The molecular weight excluding hydrogens is 208 g/mol. The summed E-state index contributed by atoms with van der Waals surface area (Å²) in [6, 6.07) is 3.46. The van der Waals surface area contributed by atoms with Crippen molar-refractivity contribution in [2.45, 2.75) is 26.4 Å². The molecule has 0 unspecified atom stereocenters. The number of rotatable bonds is 0. The van der Waals surface area contributed by atoms with E-state index in [1.807, 2.05) is 0 Å². The standard InChI is InChI=1S/C10H12N4O2/c1-10(2,3)16-9(15)14-8-7(12-13-14)5-4-6-11-8/h4-6H,1-3H3. The molecule has 0 aliphatic carbocycles. The van der Waals surface area contributed by atoms with Crippen LogP contribution in [-0.4, -0.2) is 31.7 Å². The van der Waals surface area contributed by atoms with E-state index in [1.165, 1.54) is 0 Å². The predicted octanol–water partition coefficient (Wildman–Crippen LogP) is 1.61. The van der Waals surface area contributed by atoms with Crippen molar-refractivity contribution in [2.75, 3.05) is 0 Å². The van der Waals surface area contributed by atoms with E-state index in [0.29, 0.717) is 11.2 Å². The van der Waals surface area contributed by atoms with Crippen LogP contribution in [-0.2, 0) is 4.74 Å². The lowest BCUT2D eigenvalue weighted by molar-refractivity contribution is 0.0518. The first-order chi connectivity index (χ1) is 7.47. The molecule has 0 aliphatic heterocycles. The van der Waals surface area contributed by atoms with E-state index in [9.17, 15) is 4.79 Å². The van der Waals surface area contributed by atoms with Gasteiger partial charge >= 0.3 is 6.09 Å². The number of hydrogen-bond donors (Lipinski definition) is 0. The summed E-state index contributed by atoms with van der Waals surface area (Å²) in [5.41, 5.74) is 0.398. The topological polar surface area (TPSA) is 69.9 Å². The summed E-state index contributed by atoms with van der Waals surface area (Å²) >= 11 is 0. The van der Waals surface area contributed by atoms with Gasteiger partial charge in [0.25, 0.3) is 0 Å². The van der Waals surface area contributed by atoms with E-state index in [1.54, 1.807) is 39.1 Å². The number of hydrogen-bond acceptors (Lipinski definition) is 5. The number of ether oxygens (including phenoxy) is 1. The van der Waals surface area contributed by atoms with Crippen LogP contribution in [0.2, 0.25) is 0 Å². The first-order valence-electron chi connectivity index (χ1n) is 4.87. The van der Waals surface area contributed by atoms with Crippen LogP contribution in [0.4, 0.5) is 4.79 Å². The molecule has 0 aliphatic rings. The molecule has 0 bridgehead atoms. The van der Waals surface area contributed by atoms with Gasteiger partial charge in [0.15, 0.2) is 5.65 Å². The molecule has 0 saturated carbocycles. The summed E-state index contributed by atoms with van der Waals surface area (Å²) < 4.78 is 6.23. The van der Waals surface area contributed by atoms with Crippen molar-refractivity contribution in [1.29, 1.82) is 0 Å². The SMILES string of the molecule is CC(C)(C)OC(=O)n1nnc2cccnc21. The number of pyridine rings is 1. The van der Waals surface area contributed by atoms with E-state index in [-0.39, 0.29) is 0 Å². The Kier molecular flexibility index (Phi) is 2.34. The molecule has 16 heavy (non-hydrogen) atoms. The van der Waals surface area contributed by atoms with Crippen molar-refractivity contribution in [1.82, 2.24) is 20.0 Å². The Balaban J connectivity index is 2.37. The van der Waals surface area contributed by atoms with Gasteiger partial charge in [-0.05, 0) is 32.9 Å². The molecule has 2 heterocycles. The monoisotopic (exact) mass is 220 g/mol. The van der Waals surface area contributed by atoms with Gasteiger partial charge in [0, 0.05) is 6.20 Å². The smallest absolute Gasteiger partial charge is 0.438 e. The molecule has 6 nitrogen and oxygen atoms in total. The number of fused-ring (bicyclic) bond motifs is 1. The molecule has 0 amide bonds. The van der Waals surface area contributed by atoms with Crippen LogP contribution in [0.15, 0.2) is 18.3 Å². The molecule has 6 heteroatoms. The zero-order chi connectivity index (χ0) is 11.8. The quantitative estimate of drug-likeness (QED) is 0.674. The second-order valence-electron chi connectivity index (χ2n) is 4.33. The largest absolute Gasteiger partial charge is 0.442 e. The van der Waals surface area contributed by atoms with Crippen molar-refractivity contribution in [3.63, 3.8) is 0 Å². The molecule has 0 saturated heterocycles. The van der Waals surface area contributed by atoms with Crippen LogP contribution in [0.5, 0.6) is 0 Å². The van der Waals surface area contributed by atoms with Gasteiger partial charge in [0.1, 0.15) is 11.1 Å². The zero-order valence-electron chi connectivity index (χ0n) is 9.34. The van der Waals surface area contributed by atoms with Crippen molar-refractivity contribution < 1.29 is 9.53 Å². The number of nitrogens with zero attached hydrogens (tertiary/aromatic N) is 4. The van der Waals surface area contributed by atoms with Crippen LogP contribution >= 0.6 is 0 Å². The molecule has 0 fully saturated rings. The normalized spacial score (nSPS) is 11.7. The molecule has 84 valence electrons. The number of carbonyl (C=O) groups is 1. The van der Waals surface area contributed by atoms with Crippen LogP contribution in [0, 0.1) is 0 Å². The lowest BCUT2D eigenvalue weighted by Gasteiger charge is -2.18. The third kappa shape index (κ3) is 2.00. The van der Waals surface area contributed by atoms with Gasteiger partial charge in [-0.15, -0.1) is 9.78 Å². The van der Waals surface area contributed by atoms with E-state index >= 15 is 0 Å². The maximum atomic E-state index is 11.7. The minimum Gasteiger partial charge on any atom is -0.442 e. The maximum absolute atomic E-state index is 11.7. The van der Waals surface area contributed by atoms with Crippen LogP contribution in [0.3, 0.4) is 0 Å². The van der Waals surface area contributed by atoms with Gasteiger partial charge in [-0.25, -0.2) is 9.78 Å². The van der Waals surface area contributed by atoms with Gasteiger partial charge in [-0.2, -0.15) is 0 Å². The minimum absolute atomic E-state index is 0.400. The highest BCUT2D eigenvalue weighted by atomic mass is 16.6. The molecule has 0 atom stereocenters. The highest BCUT2D eigenvalue weighted by Gasteiger charge is 2.20. The van der Waals surface area contributed by atoms with Crippen molar-refractivity contribution in [3.8, 4) is 0 Å². The molecule has 2 aromatic heterocycles. The lowest BCUT2D eigenvalue weighted by Crippen LogP contribution is -2.27. The molecular formula is C10H12N4O2. The zero-order valence-corrected chi connectivity index (χ0v) is 9.34. The predicted molar refractivity (Wildman–Crippen MR) is 57.0 cm³/mol. The molecule has 0 N–H and O–H groups in total. The van der Waals surface area contributed by atoms with Crippen LogP contribution in [0.1, 0.15) is 20.8 Å². The first-order valence-corrected chi connectivity index (χ1v) is 4.87. The van der Waals surface area contributed by atoms with Gasteiger partial charge in [-0.3, -0.25) is 0 Å². The van der Waals surface area contributed by atoms with Gasteiger partial charge in [0.2, 0.25) is 0 Å². The van der Waals surface area contributed by atoms with Crippen molar-refractivity contribution >= 4 is 17.3 Å². The molecule has 2 rings (SSSR count). The Morgan fingerprint density at radius 1 is 1.44 bits per heavy atom. The fourth-order valence-corrected chi connectivity index (χ4v) is 1.19. The number of aromatic nitrogens is 4. The average Bonchev–Trinajstić information content (AvgIpc) is 2.58. The maximum Gasteiger partial charge on any atom is 0.438 e. The second kappa shape index (κ2) is 3.55. The van der Waals surface area contributed by atoms with E-state index in [0.717, 1.165) is 4.68 Å². The number of carbonyl (C=O) groups excluding carboxylic acids is 1. The molecule has 0 spiro atoms. The average molecular weight is 220 g/mol. The second-order valence-corrected chi connectivity index (χ2v) is 4.33. The summed E-state index contributed by atoms with van der Waals surface area (Å²) in [6.07, 6.45) is 1.00. The van der Waals surface area contributed by atoms with Crippen molar-refractivity contribution in [3.05, 3.63) is 18.3 Å². The molecule has 0 radical (unpaired) electrons. The third-order valence-corrected chi connectivity index (χ3v) is 1.78. The Morgan fingerprint density at radius 3 is 2.88 bits per heavy atom.